The predicted octanol–water partition coefficient (Wildman–Crippen LogP) is 5.61. The summed E-state index contributed by atoms with van der Waals surface area (Å²) in [6, 6.07) is 22.4. The molecule has 1 aliphatic heterocycles. The number of para-hydroxylation sites is 1. The van der Waals surface area contributed by atoms with Gasteiger partial charge in [-0.2, -0.15) is 0 Å². The maximum absolute atomic E-state index is 12.8. The molecule has 0 aromatic heterocycles. The maximum Gasteiger partial charge on any atom is 0.251 e. The molecule has 4 rings (SSSR count). The van der Waals surface area contributed by atoms with Crippen molar-refractivity contribution in [1.29, 1.82) is 0 Å². The number of amides is 2. The van der Waals surface area contributed by atoms with Crippen molar-refractivity contribution in [2.24, 2.45) is 0 Å². The Bertz CT molecular complexity index is 1140. The summed E-state index contributed by atoms with van der Waals surface area (Å²) in [6.07, 6.45) is 0. The molecule has 0 unspecified atom stereocenters. The summed E-state index contributed by atoms with van der Waals surface area (Å²) in [6.45, 7) is 2.45. The van der Waals surface area contributed by atoms with E-state index in [0.29, 0.717) is 22.9 Å². The highest BCUT2D eigenvalue weighted by atomic mass is 35.5. The van der Waals surface area contributed by atoms with Crippen molar-refractivity contribution < 1.29 is 14.3 Å². The molecule has 0 bridgehead atoms. The van der Waals surface area contributed by atoms with Crippen LogP contribution < -0.4 is 10.1 Å². The lowest BCUT2D eigenvalue weighted by Crippen LogP contribution is -2.28. The molecule has 0 radical (unpaired) electrons. The Kier molecular flexibility index (Phi) is 7.26. The van der Waals surface area contributed by atoms with Crippen LogP contribution >= 0.6 is 23.4 Å². The van der Waals surface area contributed by atoms with E-state index in [1.165, 1.54) is 0 Å². The molecule has 0 saturated carbocycles. The number of hydrogen-bond acceptors (Lipinski definition) is 4. The van der Waals surface area contributed by atoms with Gasteiger partial charge in [0, 0.05) is 22.7 Å². The number of nitrogens with zero attached hydrogens (tertiary/aromatic N) is 1. The molecule has 1 heterocycles. The number of nitrogens with one attached hydrogen (secondary N) is 1. The molecule has 2 atom stereocenters. The van der Waals surface area contributed by atoms with Crippen LogP contribution in [0.25, 0.3) is 0 Å². The first-order valence-electron chi connectivity index (χ1n) is 10.7. The first-order chi connectivity index (χ1) is 16.0. The molecule has 33 heavy (non-hydrogen) atoms. The number of hydrogen-bond donors (Lipinski definition) is 1. The predicted molar refractivity (Wildman–Crippen MR) is 133 cm³/mol. The maximum atomic E-state index is 12.8. The third-order valence-corrected chi connectivity index (χ3v) is 7.15. The fraction of sp³-hybridized carbons (Fsp3) is 0.231. The fourth-order valence-corrected chi connectivity index (χ4v) is 5.18. The van der Waals surface area contributed by atoms with Gasteiger partial charge in [0.05, 0.1) is 18.9 Å². The standard InChI is InChI=1S/C26H25ClN2O3S/c1-17(22-5-3-4-6-23(22)32-2)28-25(31)19-9-11-20(12-10-19)26-29(24(30)16-33-26)15-18-7-13-21(27)14-8-18/h3-14,17,26H,15-16H2,1-2H3,(H,28,31)/t17-,26+/m1/s1. The Morgan fingerprint density at radius 1 is 1.12 bits per heavy atom. The number of ether oxygens (including phenoxy) is 1. The number of thioether (sulfide) groups is 1. The minimum atomic E-state index is -0.203. The van der Waals surface area contributed by atoms with Gasteiger partial charge in [0.1, 0.15) is 11.1 Å². The quantitative estimate of drug-likeness (QED) is 0.477. The van der Waals surface area contributed by atoms with E-state index in [-0.39, 0.29) is 23.2 Å². The highest BCUT2D eigenvalue weighted by Crippen LogP contribution is 2.39. The van der Waals surface area contributed by atoms with Crippen LogP contribution in [-0.2, 0) is 11.3 Å². The number of carbonyl (C=O) groups is 2. The van der Waals surface area contributed by atoms with Gasteiger partial charge in [-0.25, -0.2) is 0 Å². The molecule has 5 nitrogen and oxygen atoms in total. The highest BCUT2D eigenvalue weighted by molar-refractivity contribution is 8.00. The van der Waals surface area contributed by atoms with Crippen LogP contribution in [-0.4, -0.2) is 29.6 Å². The third kappa shape index (κ3) is 5.34. The van der Waals surface area contributed by atoms with Crippen LogP contribution in [0.15, 0.2) is 72.8 Å². The Labute approximate surface area is 203 Å². The third-order valence-electron chi connectivity index (χ3n) is 5.65. The molecule has 3 aromatic rings. The van der Waals surface area contributed by atoms with Gasteiger partial charge in [-0.1, -0.05) is 54.1 Å². The molecular weight excluding hydrogens is 456 g/mol. The van der Waals surface area contributed by atoms with Gasteiger partial charge in [-0.05, 0) is 48.4 Å². The van der Waals surface area contributed by atoms with Gasteiger partial charge in [0.15, 0.2) is 0 Å². The topological polar surface area (TPSA) is 58.6 Å². The zero-order valence-electron chi connectivity index (χ0n) is 18.5. The molecule has 1 fully saturated rings. The summed E-state index contributed by atoms with van der Waals surface area (Å²) < 4.78 is 5.40. The van der Waals surface area contributed by atoms with E-state index in [4.69, 9.17) is 16.3 Å². The van der Waals surface area contributed by atoms with Crippen molar-refractivity contribution in [3.8, 4) is 5.75 Å². The van der Waals surface area contributed by atoms with E-state index in [9.17, 15) is 9.59 Å². The smallest absolute Gasteiger partial charge is 0.251 e. The molecular formula is C26H25ClN2O3S. The van der Waals surface area contributed by atoms with Crippen LogP contribution in [0.5, 0.6) is 5.75 Å². The molecule has 0 aliphatic carbocycles. The Morgan fingerprint density at radius 3 is 2.52 bits per heavy atom. The first kappa shape index (κ1) is 23.2. The average molecular weight is 481 g/mol. The Balaban J connectivity index is 1.45. The minimum absolute atomic E-state index is 0.0854. The SMILES string of the molecule is COc1ccccc1[C@@H](C)NC(=O)c1ccc([C@@H]2SCC(=O)N2Cc2ccc(Cl)cc2)cc1. The molecule has 3 aromatic carbocycles. The summed E-state index contributed by atoms with van der Waals surface area (Å²) in [4.78, 5) is 27.2. The lowest BCUT2D eigenvalue weighted by Gasteiger charge is -2.24. The summed E-state index contributed by atoms with van der Waals surface area (Å²) in [7, 11) is 1.62. The molecule has 7 heteroatoms. The minimum Gasteiger partial charge on any atom is -0.496 e. The van der Waals surface area contributed by atoms with E-state index in [2.05, 4.69) is 5.32 Å². The number of halogens is 1. The number of benzene rings is 3. The van der Waals surface area contributed by atoms with Crippen molar-refractivity contribution in [2.75, 3.05) is 12.9 Å². The van der Waals surface area contributed by atoms with Crippen molar-refractivity contribution in [2.45, 2.75) is 24.9 Å². The molecule has 1 saturated heterocycles. The summed E-state index contributed by atoms with van der Waals surface area (Å²) in [5.74, 6) is 1.13. The van der Waals surface area contributed by atoms with Gasteiger partial charge in [0.25, 0.3) is 5.91 Å². The van der Waals surface area contributed by atoms with E-state index in [1.54, 1.807) is 18.9 Å². The van der Waals surface area contributed by atoms with Gasteiger partial charge in [-0.15, -0.1) is 11.8 Å². The molecule has 0 spiro atoms. The van der Waals surface area contributed by atoms with E-state index >= 15 is 0 Å². The summed E-state index contributed by atoms with van der Waals surface area (Å²) in [5.41, 5.74) is 3.51. The van der Waals surface area contributed by atoms with Crippen molar-refractivity contribution in [3.05, 3.63) is 100 Å². The largest absolute Gasteiger partial charge is 0.496 e. The van der Waals surface area contributed by atoms with Crippen LogP contribution in [0.3, 0.4) is 0 Å². The van der Waals surface area contributed by atoms with Crippen molar-refractivity contribution in [3.63, 3.8) is 0 Å². The van der Waals surface area contributed by atoms with Crippen LogP contribution in [0.1, 0.15) is 45.4 Å². The summed E-state index contributed by atoms with van der Waals surface area (Å²) >= 11 is 7.58. The molecule has 2 amide bonds. The van der Waals surface area contributed by atoms with E-state index in [0.717, 1.165) is 22.4 Å². The zero-order chi connectivity index (χ0) is 23.4. The lowest BCUT2D eigenvalue weighted by molar-refractivity contribution is -0.128. The zero-order valence-corrected chi connectivity index (χ0v) is 20.0. The highest BCUT2D eigenvalue weighted by Gasteiger charge is 2.32. The second-order valence-electron chi connectivity index (χ2n) is 7.87. The normalized spacial score (nSPS) is 16.5. The van der Waals surface area contributed by atoms with Gasteiger partial charge in [0.2, 0.25) is 5.91 Å². The first-order valence-corrected chi connectivity index (χ1v) is 12.1. The molecule has 1 aliphatic rings. The van der Waals surface area contributed by atoms with Gasteiger partial charge < -0.3 is 15.0 Å². The number of methoxy groups -OCH3 is 1. The van der Waals surface area contributed by atoms with Crippen LogP contribution in [0.4, 0.5) is 0 Å². The number of carbonyl (C=O) groups excluding carboxylic acids is 2. The lowest BCUT2D eigenvalue weighted by atomic mass is 10.1. The average Bonchev–Trinajstić information content (AvgIpc) is 3.20. The Hall–Kier alpha value is -2.96. The van der Waals surface area contributed by atoms with Crippen LogP contribution in [0.2, 0.25) is 5.02 Å². The fourth-order valence-electron chi connectivity index (χ4n) is 3.87. The molecule has 170 valence electrons. The van der Waals surface area contributed by atoms with E-state index in [1.807, 2.05) is 84.6 Å². The summed E-state index contributed by atoms with van der Waals surface area (Å²) in [5, 5.41) is 3.62. The van der Waals surface area contributed by atoms with Gasteiger partial charge >= 0.3 is 0 Å². The van der Waals surface area contributed by atoms with Gasteiger partial charge in [-0.3, -0.25) is 9.59 Å². The van der Waals surface area contributed by atoms with Crippen molar-refractivity contribution >= 4 is 35.2 Å². The monoisotopic (exact) mass is 480 g/mol. The Morgan fingerprint density at radius 2 is 1.82 bits per heavy atom. The van der Waals surface area contributed by atoms with E-state index < -0.39 is 0 Å². The second kappa shape index (κ2) is 10.3. The van der Waals surface area contributed by atoms with Crippen molar-refractivity contribution in [1.82, 2.24) is 10.2 Å². The second-order valence-corrected chi connectivity index (χ2v) is 9.38. The van der Waals surface area contributed by atoms with Crippen LogP contribution in [0, 0.1) is 0 Å². The molecule has 1 N–H and O–H groups in total. The number of rotatable bonds is 7.